The molecular weight excluding hydrogens is 388 g/mol. The van der Waals surface area contributed by atoms with Crippen molar-refractivity contribution in [3.63, 3.8) is 0 Å². The monoisotopic (exact) mass is 412 g/mol. The van der Waals surface area contributed by atoms with Crippen molar-refractivity contribution in [2.75, 3.05) is 0 Å². The highest BCUT2D eigenvalue weighted by Gasteiger charge is 2.22. The number of thiazole rings is 1. The van der Waals surface area contributed by atoms with E-state index in [0.717, 1.165) is 21.3 Å². The van der Waals surface area contributed by atoms with E-state index in [4.69, 9.17) is 0 Å². The van der Waals surface area contributed by atoms with Gasteiger partial charge < -0.3 is 4.57 Å². The normalized spacial score (nSPS) is 11.9. The van der Waals surface area contributed by atoms with Gasteiger partial charge in [-0.05, 0) is 48.2 Å². The zero-order chi connectivity index (χ0) is 21.1. The Kier molecular flexibility index (Phi) is 5.77. The van der Waals surface area contributed by atoms with Crippen LogP contribution in [-0.2, 0) is 11.3 Å². The van der Waals surface area contributed by atoms with Gasteiger partial charge in [0, 0.05) is 6.54 Å². The Hall–Kier alpha value is -3.24. The molecule has 0 fully saturated rings. The van der Waals surface area contributed by atoms with Crippen LogP contribution < -0.4 is 4.80 Å². The molecule has 0 saturated heterocycles. The largest absolute Gasteiger partial charge is 0.312 e. The predicted octanol–water partition coefficient (Wildman–Crippen LogP) is 5.77. The Balaban J connectivity index is 1.88. The minimum Gasteiger partial charge on any atom is -0.312 e. The number of aromatic nitrogens is 1. The lowest BCUT2D eigenvalue weighted by Crippen LogP contribution is -2.20. The highest BCUT2D eigenvalue weighted by molar-refractivity contribution is 7.16. The van der Waals surface area contributed by atoms with Crippen LogP contribution in [0.4, 0.5) is 0 Å². The molecule has 30 heavy (non-hydrogen) atoms. The predicted molar refractivity (Wildman–Crippen MR) is 125 cm³/mol. The molecule has 0 spiro atoms. The third kappa shape index (κ3) is 3.91. The van der Waals surface area contributed by atoms with Crippen molar-refractivity contribution in [3.05, 3.63) is 113 Å². The Morgan fingerprint density at radius 3 is 2.13 bits per heavy atom. The van der Waals surface area contributed by atoms with Crippen LogP contribution in [0.3, 0.4) is 0 Å². The summed E-state index contributed by atoms with van der Waals surface area (Å²) in [6, 6.07) is 24.0. The number of hydrogen-bond acceptors (Lipinski definition) is 2. The number of rotatable bonds is 5. The van der Waals surface area contributed by atoms with Gasteiger partial charge in [-0.15, -0.1) is 6.58 Å². The number of carbonyl (C=O) groups is 1. The summed E-state index contributed by atoms with van der Waals surface area (Å²) < 4.78 is 3.20. The first-order valence-corrected chi connectivity index (χ1v) is 10.8. The lowest BCUT2D eigenvalue weighted by atomic mass is 9.91. The first-order valence-electron chi connectivity index (χ1n) is 9.98. The molecule has 0 radical (unpaired) electrons. The van der Waals surface area contributed by atoms with Gasteiger partial charge in [0.15, 0.2) is 4.80 Å². The first kappa shape index (κ1) is 20.0. The molecule has 150 valence electrons. The van der Waals surface area contributed by atoms with E-state index in [2.05, 4.69) is 42.1 Å². The smallest absolute Gasteiger partial charge is 0.260 e. The lowest BCUT2D eigenvalue weighted by molar-refractivity contribution is -0.118. The maximum Gasteiger partial charge on any atom is 0.260 e. The molecule has 1 aromatic heterocycles. The van der Waals surface area contributed by atoms with E-state index in [1.54, 1.807) is 11.3 Å². The number of aryl methyl sites for hydroxylation is 2. The first-order chi connectivity index (χ1) is 14.6. The molecule has 0 bridgehead atoms. The van der Waals surface area contributed by atoms with Crippen molar-refractivity contribution in [1.29, 1.82) is 0 Å². The van der Waals surface area contributed by atoms with E-state index < -0.39 is 5.92 Å². The molecule has 0 saturated carbocycles. The average molecular weight is 413 g/mol. The van der Waals surface area contributed by atoms with Gasteiger partial charge >= 0.3 is 0 Å². The topological polar surface area (TPSA) is 34.4 Å². The fourth-order valence-electron chi connectivity index (χ4n) is 3.64. The summed E-state index contributed by atoms with van der Waals surface area (Å²) in [5.41, 5.74) is 5.44. The fraction of sp³-hybridized carbons (Fsp3) is 0.154. The standard InChI is InChI=1S/C26H24N2OS/c1-4-15-28-22-16-18(2)19(3)17-23(22)30-26(28)27-25(29)24(20-11-7-5-8-12-20)21-13-9-6-10-14-21/h4-14,16-17,24H,1,15H2,2-3H3. The van der Waals surface area contributed by atoms with Gasteiger partial charge in [0.25, 0.3) is 5.91 Å². The maximum absolute atomic E-state index is 13.5. The second kappa shape index (κ2) is 8.64. The van der Waals surface area contributed by atoms with Gasteiger partial charge in [-0.3, -0.25) is 4.79 Å². The molecule has 1 amide bonds. The van der Waals surface area contributed by atoms with E-state index in [9.17, 15) is 4.79 Å². The van der Waals surface area contributed by atoms with Gasteiger partial charge in [-0.1, -0.05) is 78.1 Å². The third-order valence-electron chi connectivity index (χ3n) is 5.33. The van der Waals surface area contributed by atoms with Crippen molar-refractivity contribution in [2.24, 2.45) is 4.99 Å². The van der Waals surface area contributed by atoms with E-state index in [1.165, 1.54) is 11.1 Å². The Labute approximate surface area is 180 Å². The third-order valence-corrected chi connectivity index (χ3v) is 6.37. The van der Waals surface area contributed by atoms with E-state index in [1.807, 2.05) is 66.7 Å². The number of nitrogens with zero attached hydrogens (tertiary/aromatic N) is 2. The molecule has 4 rings (SSSR count). The van der Waals surface area contributed by atoms with E-state index in [0.29, 0.717) is 11.3 Å². The van der Waals surface area contributed by atoms with Crippen molar-refractivity contribution >= 4 is 27.5 Å². The van der Waals surface area contributed by atoms with Crippen LogP contribution in [0, 0.1) is 13.8 Å². The summed E-state index contributed by atoms with van der Waals surface area (Å²) in [6.45, 7) is 8.71. The fourth-order valence-corrected chi connectivity index (χ4v) is 4.76. The quantitative estimate of drug-likeness (QED) is 0.384. The van der Waals surface area contributed by atoms with Crippen LogP contribution in [0.1, 0.15) is 28.2 Å². The Bertz CT molecular complexity index is 1230. The molecule has 4 aromatic rings. The number of hydrogen-bond donors (Lipinski definition) is 0. The number of benzene rings is 3. The molecule has 0 unspecified atom stereocenters. The average Bonchev–Trinajstić information content (AvgIpc) is 3.06. The summed E-state index contributed by atoms with van der Waals surface area (Å²) in [5, 5.41) is 0. The van der Waals surface area contributed by atoms with Crippen molar-refractivity contribution in [1.82, 2.24) is 4.57 Å². The summed E-state index contributed by atoms with van der Waals surface area (Å²) in [4.78, 5) is 18.8. The lowest BCUT2D eigenvalue weighted by Gasteiger charge is -2.14. The zero-order valence-corrected chi connectivity index (χ0v) is 18.0. The van der Waals surface area contributed by atoms with Crippen molar-refractivity contribution < 1.29 is 4.79 Å². The SMILES string of the molecule is C=CCn1c(=NC(=O)C(c2ccccc2)c2ccccc2)sc2cc(C)c(C)cc21. The van der Waals surface area contributed by atoms with Gasteiger partial charge in [0.1, 0.15) is 0 Å². The van der Waals surface area contributed by atoms with Gasteiger partial charge in [-0.25, -0.2) is 0 Å². The summed E-state index contributed by atoms with van der Waals surface area (Å²) in [6.07, 6.45) is 1.84. The molecule has 0 aliphatic carbocycles. The molecule has 1 heterocycles. The maximum atomic E-state index is 13.5. The van der Waals surface area contributed by atoms with Crippen LogP contribution in [0.15, 0.2) is 90.4 Å². The minimum absolute atomic E-state index is 0.162. The molecular formula is C26H24N2OS. The van der Waals surface area contributed by atoms with E-state index >= 15 is 0 Å². The highest BCUT2D eigenvalue weighted by atomic mass is 32.1. The number of carbonyl (C=O) groups excluding carboxylic acids is 1. The molecule has 4 heteroatoms. The van der Waals surface area contributed by atoms with Crippen molar-refractivity contribution in [3.8, 4) is 0 Å². The molecule has 0 N–H and O–H groups in total. The second-order valence-electron chi connectivity index (χ2n) is 7.39. The Morgan fingerprint density at radius 1 is 1.00 bits per heavy atom. The summed E-state index contributed by atoms with van der Waals surface area (Å²) in [7, 11) is 0. The summed E-state index contributed by atoms with van der Waals surface area (Å²) >= 11 is 1.55. The van der Waals surface area contributed by atoms with Crippen LogP contribution >= 0.6 is 11.3 Å². The van der Waals surface area contributed by atoms with Crippen LogP contribution in [0.5, 0.6) is 0 Å². The summed E-state index contributed by atoms with van der Waals surface area (Å²) in [5.74, 6) is -0.594. The van der Waals surface area contributed by atoms with E-state index in [-0.39, 0.29) is 5.91 Å². The number of amides is 1. The van der Waals surface area contributed by atoms with Crippen molar-refractivity contribution in [2.45, 2.75) is 26.3 Å². The van der Waals surface area contributed by atoms with Crippen LogP contribution in [0.2, 0.25) is 0 Å². The number of fused-ring (bicyclic) bond motifs is 1. The van der Waals surface area contributed by atoms with Gasteiger partial charge in [-0.2, -0.15) is 4.99 Å². The molecule has 3 nitrogen and oxygen atoms in total. The molecule has 3 aromatic carbocycles. The molecule has 0 aliphatic heterocycles. The minimum atomic E-state index is -0.432. The van der Waals surface area contributed by atoms with Crippen LogP contribution in [-0.4, -0.2) is 10.5 Å². The van der Waals surface area contributed by atoms with Gasteiger partial charge in [0.2, 0.25) is 0 Å². The molecule has 0 atom stereocenters. The Morgan fingerprint density at radius 2 is 1.57 bits per heavy atom. The highest BCUT2D eigenvalue weighted by Crippen LogP contribution is 2.27. The van der Waals surface area contributed by atoms with Crippen LogP contribution in [0.25, 0.3) is 10.2 Å². The number of allylic oxidation sites excluding steroid dienone is 1. The molecule has 0 aliphatic rings. The zero-order valence-electron chi connectivity index (χ0n) is 17.2. The second-order valence-corrected chi connectivity index (χ2v) is 8.40. The van der Waals surface area contributed by atoms with Gasteiger partial charge in [0.05, 0.1) is 16.1 Å².